The molecule has 1 fully saturated rings. The Morgan fingerprint density at radius 2 is 2.00 bits per heavy atom. The topological polar surface area (TPSA) is 60.5 Å². The summed E-state index contributed by atoms with van der Waals surface area (Å²) in [5.41, 5.74) is 3.21. The van der Waals surface area contributed by atoms with E-state index in [2.05, 4.69) is 46.2 Å². The van der Waals surface area contributed by atoms with Crippen molar-refractivity contribution in [3.8, 4) is 11.1 Å². The Balaban J connectivity index is 1.73. The van der Waals surface area contributed by atoms with Gasteiger partial charge in [0.25, 0.3) is 0 Å². The molecule has 0 aliphatic carbocycles. The third-order valence-corrected chi connectivity index (χ3v) is 4.38. The van der Waals surface area contributed by atoms with Gasteiger partial charge in [-0.15, -0.1) is 0 Å². The first-order valence-electron chi connectivity index (χ1n) is 8.00. The Bertz CT molecular complexity index is 815. The second-order valence-corrected chi connectivity index (χ2v) is 5.71. The molecule has 120 valence electrons. The summed E-state index contributed by atoms with van der Waals surface area (Å²) in [5.74, 6) is 0.969. The van der Waals surface area contributed by atoms with Crippen molar-refractivity contribution < 1.29 is 4.74 Å². The molecule has 0 N–H and O–H groups in total. The first kappa shape index (κ1) is 14.2. The number of nitrogens with zero attached hydrogens (tertiary/aromatic N) is 6. The maximum atomic E-state index is 5.23. The van der Waals surface area contributed by atoms with Gasteiger partial charge < -0.3 is 9.64 Å². The Morgan fingerprint density at radius 1 is 1.17 bits per heavy atom. The number of aromatic nitrogens is 5. The summed E-state index contributed by atoms with van der Waals surface area (Å²) in [6, 6.07) is 2.50. The SMILES string of the molecule is CCN(CC)c1ncnn2cc(-c3cnn(C4COC4)c3)cc12. The van der Waals surface area contributed by atoms with Gasteiger partial charge in [0, 0.05) is 36.6 Å². The van der Waals surface area contributed by atoms with E-state index < -0.39 is 0 Å². The van der Waals surface area contributed by atoms with E-state index in [1.54, 1.807) is 6.33 Å². The molecular weight excluding hydrogens is 292 g/mol. The number of anilines is 1. The minimum Gasteiger partial charge on any atom is -0.377 e. The largest absolute Gasteiger partial charge is 0.377 e. The van der Waals surface area contributed by atoms with E-state index in [0.29, 0.717) is 6.04 Å². The summed E-state index contributed by atoms with van der Waals surface area (Å²) < 4.78 is 9.10. The highest BCUT2D eigenvalue weighted by Crippen LogP contribution is 2.27. The first-order valence-corrected chi connectivity index (χ1v) is 8.00. The van der Waals surface area contributed by atoms with Crippen molar-refractivity contribution in [1.82, 2.24) is 24.4 Å². The molecule has 1 saturated heterocycles. The van der Waals surface area contributed by atoms with Crippen LogP contribution in [-0.4, -0.2) is 50.7 Å². The Labute approximate surface area is 134 Å². The van der Waals surface area contributed by atoms with Gasteiger partial charge in [-0.05, 0) is 19.9 Å². The summed E-state index contributed by atoms with van der Waals surface area (Å²) in [7, 11) is 0. The normalized spacial score (nSPS) is 15.0. The zero-order chi connectivity index (χ0) is 15.8. The van der Waals surface area contributed by atoms with Crippen molar-refractivity contribution in [3.63, 3.8) is 0 Å². The zero-order valence-electron chi connectivity index (χ0n) is 13.4. The maximum Gasteiger partial charge on any atom is 0.156 e. The molecule has 0 radical (unpaired) electrons. The van der Waals surface area contributed by atoms with Gasteiger partial charge in [-0.25, -0.2) is 9.50 Å². The standard InChI is InChI=1S/C16H20N6O/c1-3-20(4-2)16-15-5-12(7-22(15)19-11-17-16)13-6-18-21(8-13)14-9-23-10-14/h5-8,11,14H,3-4,9-10H2,1-2H3. The predicted molar refractivity (Wildman–Crippen MR) is 87.6 cm³/mol. The molecule has 3 aromatic rings. The number of hydrogen-bond acceptors (Lipinski definition) is 5. The molecule has 1 aliphatic rings. The van der Waals surface area contributed by atoms with Crippen LogP contribution in [0.25, 0.3) is 16.6 Å². The fourth-order valence-electron chi connectivity index (χ4n) is 2.90. The molecule has 4 heterocycles. The average molecular weight is 312 g/mol. The van der Waals surface area contributed by atoms with E-state index in [-0.39, 0.29) is 0 Å². The number of ether oxygens (including phenoxy) is 1. The van der Waals surface area contributed by atoms with E-state index in [1.807, 2.05) is 21.6 Å². The fraction of sp³-hybridized carbons (Fsp3) is 0.438. The summed E-state index contributed by atoms with van der Waals surface area (Å²) in [6.45, 7) is 7.60. The van der Waals surface area contributed by atoms with Crippen molar-refractivity contribution in [2.45, 2.75) is 19.9 Å². The van der Waals surface area contributed by atoms with Crippen molar-refractivity contribution in [2.24, 2.45) is 0 Å². The van der Waals surface area contributed by atoms with Crippen LogP contribution < -0.4 is 4.90 Å². The molecule has 0 bridgehead atoms. The van der Waals surface area contributed by atoms with Gasteiger partial charge in [0.2, 0.25) is 0 Å². The summed E-state index contributed by atoms with van der Waals surface area (Å²) in [5, 5.41) is 8.80. The molecule has 0 unspecified atom stereocenters. The van der Waals surface area contributed by atoms with Crippen LogP contribution in [0, 0.1) is 0 Å². The smallest absolute Gasteiger partial charge is 0.156 e. The quantitative estimate of drug-likeness (QED) is 0.721. The molecule has 4 rings (SSSR count). The average Bonchev–Trinajstić information content (AvgIpc) is 3.13. The highest BCUT2D eigenvalue weighted by Gasteiger charge is 2.21. The molecule has 7 nitrogen and oxygen atoms in total. The summed E-state index contributed by atoms with van der Waals surface area (Å²) in [4.78, 5) is 6.70. The monoisotopic (exact) mass is 312 g/mol. The number of fused-ring (bicyclic) bond motifs is 1. The fourth-order valence-corrected chi connectivity index (χ4v) is 2.90. The van der Waals surface area contributed by atoms with Crippen LogP contribution in [0.2, 0.25) is 0 Å². The lowest BCUT2D eigenvalue weighted by Gasteiger charge is -2.25. The van der Waals surface area contributed by atoms with Gasteiger partial charge in [-0.1, -0.05) is 0 Å². The van der Waals surface area contributed by atoms with Gasteiger partial charge in [-0.3, -0.25) is 4.68 Å². The Hall–Kier alpha value is -2.41. The van der Waals surface area contributed by atoms with E-state index in [9.17, 15) is 0 Å². The van der Waals surface area contributed by atoms with Crippen LogP contribution in [0.1, 0.15) is 19.9 Å². The van der Waals surface area contributed by atoms with Crippen molar-refractivity contribution in [1.29, 1.82) is 0 Å². The highest BCUT2D eigenvalue weighted by atomic mass is 16.5. The van der Waals surface area contributed by atoms with Crippen molar-refractivity contribution >= 4 is 11.3 Å². The van der Waals surface area contributed by atoms with Crippen LogP contribution in [0.4, 0.5) is 5.82 Å². The van der Waals surface area contributed by atoms with Crippen molar-refractivity contribution in [2.75, 3.05) is 31.2 Å². The molecule has 23 heavy (non-hydrogen) atoms. The predicted octanol–water partition coefficient (Wildman–Crippen LogP) is 2.01. The van der Waals surface area contributed by atoms with Gasteiger partial charge >= 0.3 is 0 Å². The Morgan fingerprint density at radius 3 is 2.70 bits per heavy atom. The molecule has 1 aliphatic heterocycles. The second-order valence-electron chi connectivity index (χ2n) is 5.71. The first-order chi connectivity index (χ1) is 11.3. The van der Waals surface area contributed by atoms with Crippen LogP contribution in [0.3, 0.4) is 0 Å². The Kier molecular flexibility index (Phi) is 3.49. The molecule has 0 spiro atoms. The molecule has 3 aromatic heterocycles. The molecular formula is C16H20N6O. The second kappa shape index (κ2) is 5.66. The van der Waals surface area contributed by atoms with Gasteiger partial charge in [0.05, 0.1) is 25.5 Å². The van der Waals surface area contributed by atoms with Crippen molar-refractivity contribution in [3.05, 3.63) is 31.0 Å². The van der Waals surface area contributed by atoms with Gasteiger partial charge in [0.15, 0.2) is 5.82 Å². The lowest BCUT2D eigenvalue weighted by molar-refractivity contribution is -0.0286. The van der Waals surface area contributed by atoms with E-state index in [1.165, 1.54) is 0 Å². The van der Waals surface area contributed by atoms with Gasteiger partial charge in [-0.2, -0.15) is 10.2 Å². The third-order valence-electron chi connectivity index (χ3n) is 4.38. The van der Waals surface area contributed by atoms with E-state index in [0.717, 1.165) is 48.8 Å². The minimum absolute atomic E-state index is 0.367. The van der Waals surface area contributed by atoms with Crippen LogP contribution in [0.15, 0.2) is 31.0 Å². The third kappa shape index (κ3) is 2.37. The van der Waals surface area contributed by atoms with Gasteiger partial charge in [0.1, 0.15) is 11.8 Å². The van der Waals surface area contributed by atoms with Crippen LogP contribution in [0.5, 0.6) is 0 Å². The molecule has 7 heteroatoms. The lowest BCUT2D eigenvalue weighted by atomic mass is 10.2. The lowest BCUT2D eigenvalue weighted by Crippen LogP contribution is -2.30. The molecule has 0 aromatic carbocycles. The summed E-state index contributed by atoms with van der Waals surface area (Å²) >= 11 is 0. The van der Waals surface area contributed by atoms with E-state index in [4.69, 9.17) is 4.74 Å². The van der Waals surface area contributed by atoms with Crippen LogP contribution >= 0.6 is 0 Å². The summed E-state index contributed by atoms with van der Waals surface area (Å²) in [6.07, 6.45) is 7.62. The number of rotatable bonds is 5. The molecule has 0 amide bonds. The van der Waals surface area contributed by atoms with E-state index >= 15 is 0 Å². The molecule has 0 saturated carbocycles. The highest BCUT2D eigenvalue weighted by molar-refractivity contribution is 5.77. The van der Waals surface area contributed by atoms with Crippen LogP contribution in [-0.2, 0) is 4.74 Å². The maximum absolute atomic E-state index is 5.23. The minimum atomic E-state index is 0.367. The molecule has 0 atom stereocenters. The number of hydrogen-bond donors (Lipinski definition) is 0. The zero-order valence-corrected chi connectivity index (χ0v) is 13.4.